The van der Waals surface area contributed by atoms with Crippen LogP contribution in [-0.4, -0.2) is 133 Å². The molecule has 4 saturated heterocycles. The predicted octanol–water partition coefficient (Wildman–Crippen LogP) is 21.7. The van der Waals surface area contributed by atoms with Crippen LogP contribution in [0.4, 0.5) is 0 Å². The molecule has 116 heavy (non-hydrogen) atoms. The molecule has 8 unspecified atom stereocenters. The largest absolute Gasteiger partial charge is 0.390 e. The van der Waals surface area contributed by atoms with E-state index >= 15 is 0 Å². The van der Waals surface area contributed by atoms with Gasteiger partial charge in [-0.3, -0.25) is 0 Å². The molecule has 18 heteroatoms. The van der Waals surface area contributed by atoms with E-state index in [-0.39, 0.29) is 69.9 Å². The number of aliphatic hydroxyl groups is 1. The highest BCUT2D eigenvalue weighted by Gasteiger charge is 2.55. The predicted molar refractivity (Wildman–Crippen MR) is 472 cm³/mol. The van der Waals surface area contributed by atoms with Gasteiger partial charge in [0.25, 0.3) is 0 Å². The number of hydrogen-bond acceptors (Lipinski definition) is 16. The molecule has 0 amide bonds. The molecule has 20 atom stereocenters. The van der Waals surface area contributed by atoms with Gasteiger partial charge in [0.15, 0.2) is 35.5 Å². The van der Waals surface area contributed by atoms with Crippen molar-refractivity contribution in [1.29, 1.82) is 0 Å². The Morgan fingerprint density at radius 2 is 0.629 bits per heavy atom. The first-order valence-corrected chi connectivity index (χ1v) is 49.7. The Morgan fingerprint density at radius 3 is 0.983 bits per heavy atom. The van der Waals surface area contributed by atoms with Gasteiger partial charge < -0.3 is 70.8 Å². The van der Waals surface area contributed by atoms with E-state index in [0.29, 0.717) is 108 Å². The van der Waals surface area contributed by atoms with Crippen molar-refractivity contribution in [3.8, 4) is 0 Å². The summed E-state index contributed by atoms with van der Waals surface area (Å²) in [6.07, 6.45) is -4.24. The average molecular weight is 1650 g/mol. The van der Waals surface area contributed by atoms with Gasteiger partial charge in [0.2, 0.25) is 0 Å². The van der Waals surface area contributed by atoms with Gasteiger partial charge in [-0.25, -0.2) is 0 Å². The summed E-state index contributed by atoms with van der Waals surface area (Å²) < 4.78 is 92.1. The van der Waals surface area contributed by atoms with Crippen LogP contribution >= 0.6 is 11.8 Å². The summed E-state index contributed by atoms with van der Waals surface area (Å²) in [7, 11) is -4.56. The minimum absolute atomic E-state index is 0.00791. The molecule has 4 heterocycles. The SMILES string of the molecule is CC(C)C(C)(C)[Si](C)(C)O[C@@H]1OC(COCc2ccccc2)[C@H](O)[C@H](C)C1OCc1ccccc1.CC1[C@@H](O[C@H]2C(COCc3ccccc3)O[C@@H](O[Si](C)(C)C(C)(C)C(C)C)C(OCc3ccccc3)[C@H]2C)OC(COCc2ccccc2)[C@@H](C)[C@@H]1C.CCS[C@@H]1OC(COCc2ccccc2)[C@@H](C)[C@H](C)C1OCc1ccccc1. The van der Waals surface area contributed by atoms with Gasteiger partial charge in [0.1, 0.15) is 29.9 Å². The molecule has 4 fully saturated rings. The summed E-state index contributed by atoms with van der Waals surface area (Å²) >= 11 is 1.83. The minimum atomic E-state index is -2.34. The molecule has 15 nitrogen and oxygen atoms in total. The molecule has 11 rings (SSSR count). The highest BCUT2D eigenvalue weighted by Crippen LogP contribution is 2.49. The first kappa shape index (κ1) is 94.6. The summed E-state index contributed by atoms with van der Waals surface area (Å²) in [6.45, 7) is 50.5. The maximum absolute atomic E-state index is 11.1. The van der Waals surface area contributed by atoms with Crippen LogP contribution in [0.15, 0.2) is 212 Å². The molecular formula is C98H142O15SSi2. The van der Waals surface area contributed by atoms with Crippen molar-refractivity contribution >= 4 is 28.4 Å². The van der Waals surface area contributed by atoms with Crippen LogP contribution in [0.5, 0.6) is 0 Å². The highest BCUT2D eigenvalue weighted by atomic mass is 32.2. The van der Waals surface area contributed by atoms with Crippen molar-refractivity contribution in [1.82, 2.24) is 0 Å². The second kappa shape index (κ2) is 46.1. The van der Waals surface area contributed by atoms with Crippen LogP contribution in [0.3, 0.4) is 0 Å². The van der Waals surface area contributed by atoms with Gasteiger partial charge in [-0.15, -0.1) is 11.8 Å². The van der Waals surface area contributed by atoms with Crippen LogP contribution in [0.1, 0.15) is 150 Å². The van der Waals surface area contributed by atoms with E-state index in [2.05, 4.69) is 203 Å². The monoisotopic (exact) mass is 1650 g/mol. The lowest BCUT2D eigenvalue weighted by Crippen LogP contribution is -2.62. The Bertz CT molecular complexity index is 3810. The highest BCUT2D eigenvalue weighted by molar-refractivity contribution is 7.99. The van der Waals surface area contributed by atoms with E-state index in [0.717, 1.165) is 33.6 Å². The molecule has 0 bridgehead atoms. The second-order valence-electron chi connectivity index (χ2n) is 35.5. The molecule has 0 aliphatic carbocycles. The van der Waals surface area contributed by atoms with Crippen molar-refractivity contribution in [2.24, 2.45) is 53.3 Å². The smallest absolute Gasteiger partial charge is 0.196 e. The second-order valence-corrected chi connectivity index (χ2v) is 46.0. The number of benzene rings is 7. The van der Waals surface area contributed by atoms with Crippen LogP contribution in [0.25, 0.3) is 0 Å². The van der Waals surface area contributed by atoms with Crippen molar-refractivity contribution in [2.45, 2.75) is 273 Å². The van der Waals surface area contributed by atoms with E-state index < -0.39 is 53.8 Å². The molecule has 0 aromatic heterocycles. The summed E-state index contributed by atoms with van der Waals surface area (Å²) in [6, 6.07) is 71.7. The molecule has 7 aromatic carbocycles. The number of thioether (sulfide) groups is 1. The number of aliphatic hydroxyl groups excluding tert-OH is 1. The Morgan fingerprint density at radius 1 is 0.336 bits per heavy atom. The van der Waals surface area contributed by atoms with Crippen molar-refractivity contribution < 1.29 is 70.8 Å². The standard InChI is InChI=1S/C45H66O7Si.C29H44O5Si.C24H32O3S/c1-31(2)45(7,8)53(9,10)52-44-42(48-28-38-24-18-13-19-25-38)35(6)41(40(50-44)30-47-27-37-22-16-12-17-23-37)51-43-34(5)32(3)33(4)39(49-43)29-46-26-36-20-14-11-15-21-36;1-21(2)29(4,5)35(6,7)34-28-27(32-19-24-16-12-9-13-17-24)22(3)26(30)25(33-28)20-31-18-23-14-10-8-11-15-23;1-4-28-24-23(26-16-21-13-9-6-10-14-21)19(3)18(2)22(27-24)17-25-15-20-11-7-5-8-12-20/h11-25,31-35,39-44H,26-30H2,1-10H3;8-17,21-22,25-28,30H,18-20H2,1-7H3;5-14,18-19,22-24H,4,15-17H2,1-3H3/t32-,33-,34?,35-,39?,40?,41+,42?,43+,44-;22-,25?,26+,27?,28-;18-,19-,22?,23?,24-/m000/s1. The van der Waals surface area contributed by atoms with Gasteiger partial charge in [0, 0.05) is 17.8 Å². The minimum Gasteiger partial charge on any atom is -0.390 e. The zero-order valence-corrected chi connectivity index (χ0v) is 76.3. The maximum Gasteiger partial charge on any atom is 0.196 e. The first-order chi connectivity index (χ1) is 55.5. The van der Waals surface area contributed by atoms with E-state index in [9.17, 15) is 5.11 Å². The summed E-state index contributed by atoms with van der Waals surface area (Å²) in [4.78, 5) is 0. The van der Waals surface area contributed by atoms with Gasteiger partial charge in [-0.1, -0.05) is 323 Å². The van der Waals surface area contributed by atoms with E-state index in [4.69, 9.17) is 65.7 Å². The lowest BCUT2D eigenvalue weighted by molar-refractivity contribution is -0.334. The fourth-order valence-electron chi connectivity index (χ4n) is 15.4. The zero-order chi connectivity index (χ0) is 83.6. The lowest BCUT2D eigenvalue weighted by Gasteiger charge is -2.51. The quantitative estimate of drug-likeness (QED) is 0.0368. The Labute approximate surface area is 704 Å². The molecule has 7 aromatic rings. The summed E-state index contributed by atoms with van der Waals surface area (Å²) in [5.41, 5.74) is 7.99. The molecule has 0 spiro atoms. The number of ether oxygens (including phenoxy) is 12. The maximum atomic E-state index is 11.1. The van der Waals surface area contributed by atoms with Gasteiger partial charge in [-0.05, 0) is 116 Å². The van der Waals surface area contributed by atoms with Crippen LogP contribution in [0, 0.1) is 53.3 Å². The van der Waals surface area contributed by atoms with Crippen molar-refractivity contribution in [2.75, 3.05) is 32.2 Å². The molecule has 1 N–H and O–H groups in total. The van der Waals surface area contributed by atoms with Crippen LogP contribution < -0.4 is 0 Å². The van der Waals surface area contributed by atoms with E-state index in [1.165, 1.54) is 11.1 Å². The lowest BCUT2D eigenvalue weighted by atomic mass is 9.79. The van der Waals surface area contributed by atoms with Crippen molar-refractivity contribution in [3.63, 3.8) is 0 Å². The Kier molecular flexibility index (Phi) is 37.6. The molecule has 0 saturated carbocycles. The zero-order valence-electron chi connectivity index (χ0n) is 73.5. The fourth-order valence-corrected chi connectivity index (χ4v) is 21.4. The molecule has 4 aliphatic rings. The van der Waals surface area contributed by atoms with Gasteiger partial charge >= 0.3 is 0 Å². The van der Waals surface area contributed by atoms with Crippen LogP contribution in [0.2, 0.25) is 36.3 Å². The number of hydrogen-bond donors (Lipinski definition) is 1. The van der Waals surface area contributed by atoms with E-state index in [1.807, 2.05) is 158 Å². The van der Waals surface area contributed by atoms with Gasteiger partial charge in [0.05, 0.1) is 103 Å². The summed E-state index contributed by atoms with van der Waals surface area (Å²) in [5.74, 6) is 3.26. The Hall–Kier alpha value is -5.28. The fraction of sp³-hybridized carbons (Fsp3) is 0.571. The molecule has 638 valence electrons. The average Bonchev–Trinajstić information content (AvgIpc) is 0.774. The van der Waals surface area contributed by atoms with Crippen LogP contribution in [-0.2, 0) is 112 Å². The van der Waals surface area contributed by atoms with Gasteiger partial charge in [-0.2, -0.15) is 0 Å². The third kappa shape index (κ3) is 26.9. The third-order valence-corrected chi connectivity index (χ3v) is 36.4. The number of rotatable bonds is 37. The first-order valence-electron chi connectivity index (χ1n) is 42.9. The molecule has 0 radical (unpaired) electrons. The molecule has 4 aliphatic heterocycles. The molecular weight excluding hydrogens is 1510 g/mol. The van der Waals surface area contributed by atoms with Crippen molar-refractivity contribution in [3.05, 3.63) is 251 Å². The van der Waals surface area contributed by atoms with E-state index in [1.54, 1.807) is 0 Å². The normalized spacial score (nSPS) is 28.0. The Balaban J connectivity index is 0.000000211. The summed E-state index contributed by atoms with van der Waals surface area (Å²) in [5, 5.41) is 11.2. The topological polar surface area (TPSA) is 149 Å². The third-order valence-electron chi connectivity index (χ3n) is 26.4.